The number of benzene rings is 1. The highest BCUT2D eigenvalue weighted by Gasteiger charge is 2.25. The maximum Gasteiger partial charge on any atom is 0.222 e. The minimum atomic E-state index is 0.0888. The number of hydrogen-bond acceptors (Lipinski definition) is 8. The number of amides is 1. The largest absolute Gasteiger partial charge is 0.382 e. The van der Waals surface area contributed by atoms with Crippen molar-refractivity contribution in [3.8, 4) is 17.6 Å². The number of Topliss-reactive ketones (excluding diaryl/α,β-unsaturated/α-hetero) is 1. The molecule has 0 saturated carbocycles. The van der Waals surface area contributed by atoms with Crippen LogP contribution in [0, 0.1) is 17.2 Å². The Hall–Kier alpha value is -3.45. The fraction of sp³-hybridized carbons (Fsp3) is 0.440. The van der Waals surface area contributed by atoms with Gasteiger partial charge in [0.1, 0.15) is 6.07 Å². The first-order valence-corrected chi connectivity index (χ1v) is 12.8. The number of anilines is 1. The zero-order valence-electron chi connectivity index (χ0n) is 19.7. The Labute approximate surface area is 208 Å². The molecular formula is C25H27N7O2S. The minimum absolute atomic E-state index is 0.0888. The number of piperidine rings is 1. The number of likely N-dealkylation sites (tertiary alicyclic amines) is 1. The van der Waals surface area contributed by atoms with Gasteiger partial charge in [0.15, 0.2) is 28.3 Å². The van der Waals surface area contributed by atoms with E-state index in [-0.39, 0.29) is 11.7 Å². The molecule has 10 heteroatoms. The zero-order valence-corrected chi connectivity index (χ0v) is 20.5. The van der Waals surface area contributed by atoms with E-state index in [1.54, 1.807) is 12.4 Å². The molecule has 35 heavy (non-hydrogen) atoms. The van der Waals surface area contributed by atoms with E-state index in [2.05, 4.69) is 16.0 Å². The number of carbonyl (C=O) groups excluding carboxylic acids is 2. The van der Waals surface area contributed by atoms with Crippen molar-refractivity contribution in [1.29, 1.82) is 5.26 Å². The highest BCUT2D eigenvalue weighted by atomic mass is 32.2. The number of rotatable bonds is 6. The topological polar surface area (TPSA) is 131 Å². The second-order valence-corrected chi connectivity index (χ2v) is 10.1. The van der Waals surface area contributed by atoms with Crippen molar-refractivity contribution in [1.82, 2.24) is 24.4 Å². The molecule has 1 amide bonds. The molecule has 5 rings (SSSR count). The summed E-state index contributed by atoms with van der Waals surface area (Å²) in [5, 5.41) is 10.1. The number of hydrogen-bond donors (Lipinski definition) is 1. The summed E-state index contributed by atoms with van der Waals surface area (Å²) in [6, 6.07) is 5.80. The van der Waals surface area contributed by atoms with Crippen LogP contribution in [-0.2, 0) is 17.8 Å². The molecule has 0 unspecified atom stereocenters. The molecule has 2 N–H and O–H groups in total. The highest BCUT2D eigenvalue weighted by molar-refractivity contribution is 7.99. The minimum Gasteiger partial charge on any atom is -0.382 e. The molecule has 4 aliphatic rings. The number of aryl methyl sites for hydroxylation is 2. The van der Waals surface area contributed by atoms with E-state index in [1.807, 2.05) is 22.5 Å². The Balaban J connectivity index is 1.33. The molecule has 9 nitrogen and oxygen atoms in total. The average molecular weight is 490 g/mol. The van der Waals surface area contributed by atoms with Crippen molar-refractivity contribution in [3.05, 3.63) is 35.2 Å². The number of nitriles is 1. The number of carbonyl (C=O) groups is 2. The Morgan fingerprint density at radius 2 is 2.06 bits per heavy atom. The van der Waals surface area contributed by atoms with E-state index in [9.17, 15) is 14.9 Å². The van der Waals surface area contributed by atoms with Crippen LogP contribution in [-0.4, -0.2) is 49.2 Å². The molecule has 1 aliphatic carbocycles. The van der Waals surface area contributed by atoms with Gasteiger partial charge in [0.25, 0.3) is 0 Å². The number of nitrogens with two attached hydrogens (primary N) is 1. The van der Waals surface area contributed by atoms with Crippen LogP contribution in [0.4, 0.5) is 5.82 Å². The van der Waals surface area contributed by atoms with Gasteiger partial charge in [-0.1, -0.05) is 6.92 Å². The third-order valence-corrected chi connectivity index (χ3v) is 7.89. The molecule has 0 bridgehead atoms. The van der Waals surface area contributed by atoms with E-state index in [0.29, 0.717) is 58.8 Å². The van der Waals surface area contributed by atoms with Crippen LogP contribution < -0.4 is 5.73 Å². The molecule has 180 valence electrons. The van der Waals surface area contributed by atoms with Crippen LogP contribution in [0.15, 0.2) is 28.5 Å². The van der Waals surface area contributed by atoms with Crippen LogP contribution in [0.1, 0.15) is 60.5 Å². The van der Waals surface area contributed by atoms with Crippen molar-refractivity contribution in [3.63, 3.8) is 0 Å². The molecule has 3 heterocycles. The fourth-order valence-corrected chi connectivity index (χ4v) is 5.78. The predicted octanol–water partition coefficient (Wildman–Crippen LogP) is 3.55. The van der Waals surface area contributed by atoms with Gasteiger partial charge < -0.3 is 15.2 Å². The SMILES string of the molecule is CCC(=O)N1CCC(CCn2cnc(N)c3nc(Sc4cc5c(cc4C#N)C(=O)CC5)nc2-3)CC1. The van der Waals surface area contributed by atoms with Crippen molar-refractivity contribution in [2.24, 2.45) is 5.92 Å². The van der Waals surface area contributed by atoms with E-state index >= 15 is 0 Å². The summed E-state index contributed by atoms with van der Waals surface area (Å²) in [7, 11) is 0. The van der Waals surface area contributed by atoms with Crippen LogP contribution in [0.5, 0.6) is 0 Å². The van der Waals surface area contributed by atoms with Gasteiger partial charge in [-0.2, -0.15) is 5.26 Å². The summed E-state index contributed by atoms with van der Waals surface area (Å²) in [4.78, 5) is 40.3. The first kappa shape index (κ1) is 23.3. The standard InChI is InChI=1S/C25H27N7O2S/c1-2-21(34)31-8-5-15(6-9-31)7-10-32-14-28-23(27)22-24(32)30-25(29-22)35-20-12-16-3-4-19(33)18(16)11-17(20)13-26/h11-12,14-15H,2-10,27H2,1H3. The lowest BCUT2D eigenvalue weighted by atomic mass is 9.93. The van der Waals surface area contributed by atoms with Gasteiger partial charge in [-0.25, -0.2) is 15.0 Å². The maximum absolute atomic E-state index is 12.0. The number of aromatic nitrogens is 4. The van der Waals surface area contributed by atoms with Crippen molar-refractivity contribution >= 4 is 29.3 Å². The Bertz CT molecular complexity index is 1300. The number of nitrogen functional groups attached to an aromatic ring is 1. The van der Waals surface area contributed by atoms with Gasteiger partial charge in [0.2, 0.25) is 5.91 Å². The lowest BCUT2D eigenvalue weighted by Gasteiger charge is -2.32. The van der Waals surface area contributed by atoms with E-state index in [1.165, 1.54) is 11.8 Å². The predicted molar refractivity (Wildman–Crippen MR) is 131 cm³/mol. The highest BCUT2D eigenvalue weighted by Crippen LogP contribution is 2.36. The average Bonchev–Trinajstić information content (AvgIpc) is 3.47. The van der Waals surface area contributed by atoms with Crippen molar-refractivity contribution in [2.75, 3.05) is 18.8 Å². The fourth-order valence-electron chi connectivity index (χ4n) is 4.90. The lowest BCUT2D eigenvalue weighted by Crippen LogP contribution is -2.38. The normalized spacial score (nSPS) is 16.0. The molecule has 1 fully saturated rings. The molecule has 0 aromatic heterocycles. The van der Waals surface area contributed by atoms with Gasteiger partial charge in [0.05, 0.1) is 11.9 Å². The molecule has 1 aromatic rings. The van der Waals surface area contributed by atoms with E-state index in [0.717, 1.165) is 49.4 Å². The number of imidazole rings is 1. The molecule has 0 radical (unpaired) electrons. The third kappa shape index (κ3) is 4.60. The maximum atomic E-state index is 12.0. The smallest absolute Gasteiger partial charge is 0.222 e. The molecule has 1 aromatic carbocycles. The van der Waals surface area contributed by atoms with E-state index in [4.69, 9.17) is 10.7 Å². The van der Waals surface area contributed by atoms with Crippen LogP contribution >= 0.6 is 11.8 Å². The number of fused-ring (bicyclic) bond motifs is 2. The third-order valence-electron chi connectivity index (χ3n) is 6.97. The summed E-state index contributed by atoms with van der Waals surface area (Å²) in [6.07, 6.45) is 6.42. The Morgan fingerprint density at radius 3 is 2.80 bits per heavy atom. The molecule has 1 saturated heterocycles. The number of ketones is 1. The number of nitrogens with zero attached hydrogens (tertiary/aromatic N) is 6. The van der Waals surface area contributed by atoms with Crippen LogP contribution in [0.25, 0.3) is 11.5 Å². The van der Waals surface area contributed by atoms with E-state index < -0.39 is 0 Å². The van der Waals surface area contributed by atoms with Crippen molar-refractivity contribution in [2.45, 2.75) is 62.0 Å². The summed E-state index contributed by atoms with van der Waals surface area (Å²) in [5.74, 6) is 1.86. The van der Waals surface area contributed by atoms with Crippen LogP contribution in [0.3, 0.4) is 0 Å². The molecule has 3 aliphatic heterocycles. The van der Waals surface area contributed by atoms with Gasteiger partial charge in [-0.3, -0.25) is 9.59 Å². The summed E-state index contributed by atoms with van der Waals surface area (Å²) in [6.45, 7) is 4.29. The lowest BCUT2D eigenvalue weighted by molar-refractivity contribution is -0.132. The summed E-state index contributed by atoms with van der Waals surface area (Å²) >= 11 is 1.31. The Morgan fingerprint density at radius 1 is 1.26 bits per heavy atom. The zero-order chi connectivity index (χ0) is 24.5. The first-order chi connectivity index (χ1) is 17.0. The molecule has 0 spiro atoms. The monoisotopic (exact) mass is 489 g/mol. The van der Waals surface area contributed by atoms with Crippen molar-refractivity contribution < 1.29 is 9.59 Å². The van der Waals surface area contributed by atoms with Crippen LogP contribution in [0.2, 0.25) is 0 Å². The summed E-state index contributed by atoms with van der Waals surface area (Å²) in [5.41, 5.74) is 8.72. The van der Waals surface area contributed by atoms with Gasteiger partial charge in [0, 0.05) is 42.9 Å². The van der Waals surface area contributed by atoms with Gasteiger partial charge in [-0.05, 0) is 61.1 Å². The first-order valence-electron chi connectivity index (χ1n) is 12.0. The summed E-state index contributed by atoms with van der Waals surface area (Å²) < 4.78 is 1.99. The second kappa shape index (κ2) is 9.66. The second-order valence-electron chi connectivity index (χ2n) is 9.11. The Kier molecular flexibility index (Phi) is 6.43. The van der Waals surface area contributed by atoms with Gasteiger partial charge in [-0.15, -0.1) is 0 Å². The quantitative estimate of drug-likeness (QED) is 0.556. The molecular weight excluding hydrogens is 462 g/mol. The van der Waals surface area contributed by atoms with Gasteiger partial charge >= 0.3 is 0 Å². The molecule has 0 atom stereocenters.